The lowest BCUT2D eigenvalue weighted by atomic mass is 10.2. The van der Waals surface area contributed by atoms with Crippen molar-refractivity contribution in [2.45, 2.75) is 0 Å². The van der Waals surface area contributed by atoms with Crippen molar-refractivity contribution in [2.24, 2.45) is 0 Å². The van der Waals surface area contributed by atoms with E-state index in [0.29, 0.717) is 11.3 Å². The molecule has 0 aliphatic carbocycles. The zero-order valence-electron chi connectivity index (χ0n) is 13.0. The number of amides is 1. The van der Waals surface area contributed by atoms with Crippen molar-refractivity contribution in [1.82, 2.24) is 14.9 Å². The Balaban J connectivity index is 1.56. The third-order valence-corrected chi connectivity index (χ3v) is 5.25. The Kier molecular flexibility index (Phi) is 5.05. The number of pyridine rings is 1. The number of carbonyl (C=O) groups excluding carboxylic acids is 1. The van der Waals surface area contributed by atoms with Gasteiger partial charge in [0.25, 0.3) is 5.91 Å². The Morgan fingerprint density at radius 1 is 1.16 bits per heavy atom. The lowest BCUT2D eigenvalue weighted by Gasteiger charge is -2.09. The highest BCUT2D eigenvalue weighted by molar-refractivity contribution is 9.10. The zero-order chi connectivity index (χ0) is 17.9. The van der Waals surface area contributed by atoms with Gasteiger partial charge in [-0.15, -0.1) is 0 Å². The third-order valence-electron chi connectivity index (χ3n) is 3.44. The van der Waals surface area contributed by atoms with Crippen LogP contribution in [0, 0.1) is 0 Å². The molecule has 0 spiro atoms. The maximum absolute atomic E-state index is 12.1. The molecule has 3 aromatic rings. The highest BCUT2D eigenvalue weighted by Gasteiger charge is 2.12. The molecular weight excluding hydrogens is 408 g/mol. The van der Waals surface area contributed by atoms with Crippen molar-refractivity contribution >= 4 is 43.1 Å². The molecule has 2 aromatic heterocycles. The molecule has 0 saturated heterocycles. The number of fused-ring (bicyclic) bond motifs is 1. The Hall–Kier alpha value is -2.39. The van der Waals surface area contributed by atoms with Crippen molar-refractivity contribution in [3.63, 3.8) is 0 Å². The van der Waals surface area contributed by atoms with Gasteiger partial charge in [-0.2, -0.15) is 5.10 Å². The van der Waals surface area contributed by atoms with Crippen LogP contribution in [-0.2, 0) is 10.0 Å². The second-order valence-electron chi connectivity index (χ2n) is 5.30. The number of aromatic nitrogens is 2. The molecule has 25 heavy (non-hydrogen) atoms. The number of carbonyl (C=O) groups is 1. The Morgan fingerprint density at radius 2 is 1.92 bits per heavy atom. The van der Waals surface area contributed by atoms with Crippen molar-refractivity contribution in [3.05, 3.63) is 64.9 Å². The molecule has 0 bridgehead atoms. The van der Waals surface area contributed by atoms with Crippen molar-refractivity contribution < 1.29 is 13.2 Å². The van der Waals surface area contributed by atoms with E-state index in [2.05, 4.69) is 31.1 Å². The Bertz CT molecular complexity index is 1000. The minimum absolute atomic E-state index is 0.0131. The quantitative estimate of drug-likeness (QED) is 0.636. The van der Waals surface area contributed by atoms with Gasteiger partial charge < -0.3 is 5.32 Å². The van der Waals surface area contributed by atoms with E-state index in [9.17, 15) is 13.2 Å². The van der Waals surface area contributed by atoms with Gasteiger partial charge in [0, 0.05) is 29.0 Å². The fourth-order valence-corrected chi connectivity index (χ4v) is 3.44. The van der Waals surface area contributed by atoms with Crippen LogP contribution in [0.3, 0.4) is 0 Å². The molecule has 0 aliphatic rings. The summed E-state index contributed by atoms with van der Waals surface area (Å²) in [5, 5.41) is 6.65. The minimum atomic E-state index is -3.57. The van der Waals surface area contributed by atoms with Crippen molar-refractivity contribution in [3.8, 4) is 0 Å². The Labute approximate surface area is 153 Å². The van der Waals surface area contributed by atoms with E-state index in [0.717, 1.165) is 9.99 Å². The maximum Gasteiger partial charge on any atom is 0.251 e. The molecule has 0 unspecified atom stereocenters. The molecule has 0 saturated carbocycles. The summed E-state index contributed by atoms with van der Waals surface area (Å²) in [5.74, 6) is -0.539. The molecule has 0 fully saturated rings. The summed E-state index contributed by atoms with van der Waals surface area (Å²) in [6, 6.07) is 11.9. The van der Waals surface area contributed by atoms with E-state index in [4.69, 9.17) is 0 Å². The number of rotatable bonds is 6. The second-order valence-corrected chi connectivity index (χ2v) is 8.06. The lowest BCUT2D eigenvalue weighted by Crippen LogP contribution is -2.31. The molecule has 2 heterocycles. The maximum atomic E-state index is 12.1. The van der Waals surface area contributed by atoms with Crippen LogP contribution in [0.4, 0.5) is 5.69 Å². The van der Waals surface area contributed by atoms with Crippen molar-refractivity contribution in [2.75, 3.05) is 17.0 Å². The largest absolute Gasteiger partial charge is 0.351 e. The molecule has 2 N–H and O–H groups in total. The number of benzene rings is 1. The molecule has 9 heteroatoms. The van der Waals surface area contributed by atoms with Gasteiger partial charge in [0.1, 0.15) is 0 Å². The van der Waals surface area contributed by atoms with E-state index in [1.54, 1.807) is 59.4 Å². The van der Waals surface area contributed by atoms with Crippen LogP contribution in [-0.4, -0.2) is 36.2 Å². The SMILES string of the molecule is O=C(NCCS(=O)(=O)Nc1ccn2nccc2c1)c1ccc(Br)cc1. The predicted molar refractivity (Wildman–Crippen MR) is 99.1 cm³/mol. The van der Waals surface area contributed by atoms with E-state index >= 15 is 0 Å². The number of nitrogens with zero attached hydrogens (tertiary/aromatic N) is 2. The third kappa shape index (κ3) is 4.58. The average Bonchev–Trinajstić information content (AvgIpc) is 3.02. The predicted octanol–water partition coefficient (Wildman–Crippen LogP) is 2.27. The summed E-state index contributed by atoms with van der Waals surface area (Å²) in [6.45, 7) is 0.0131. The fraction of sp³-hybridized carbons (Fsp3) is 0.125. The molecule has 3 rings (SSSR count). The highest BCUT2D eigenvalue weighted by Crippen LogP contribution is 2.13. The van der Waals surface area contributed by atoms with Crippen LogP contribution in [0.25, 0.3) is 5.52 Å². The summed E-state index contributed by atoms with van der Waals surface area (Å²) in [4.78, 5) is 12.0. The Morgan fingerprint density at radius 3 is 2.68 bits per heavy atom. The minimum Gasteiger partial charge on any atom is -0.351 e. The van der Waals surface area contributed by atoms with Gasteiger partial charge in [-0.1, -0.05) is 15.9 Å². The smallest absolute Gasteiger partial charge is 0.251 e. The second kappa shape index (κ2) is 7.24. The van der Waals surface area contributed by atoms with Crippen molar-refractivity contribution in [1.29, 1.82) is 0 Å². The molecule has 7 nitrogen and oxygen atoms in total. The summed E-state index contributed by atoms with van der Waals surface area (Å²) in [7, 11) is -3.57. The molecule has 0 aliphatic heterocycles. The summed E-state index contributed by atoms with van der Waals surface area (Å²) in [6.07, 6.45) is 3.30. The topological polar surface area (TPSA) is 92.6 Å². The van der Waals surface area contributed by atoms with Gasteiger partial charge in [0.05, 0.1) is 17.0 Å². The number of sulfonamides is 1. The van der Waals surface area contributed by atoms with E-state index in [-0.39, 0.29) is 18.2 Å². The first-order valence-corrected chi connectivity index (χ1v) is 9.85. The first-order valence-electron chi connectivity index (χ1n) is 7.41. The van der Waals surface area contributed by atoms with Gasteiger partial charge in [-0.3, -0.25) is 9.52 Å². The first-order chi connectivity index (χ1) is 11.9. The van der Waals surface area contributed by atoms with Gasteiger partial charge >= 0.3 is 0 Å². The van der Waals surface area contributed by atoms with Crippen LogP contribution in [0.15, 0.2) is 59.3 Å². The standard InChI is InChI=1S/C16H15BrN4O3S/c17-13-3-1-12(2-4-13)16(22)18-8-10-25(23,24)20-14-6-9-21-15(11-14)5-7-19-21/h1-7,9,11,20H,8,10H2,(H,18,22). The van der Waals surface area contributed by atoms with Crippen LogP contribution >= 0.6 is 15.9 Å². The number of hydrogen-bond donors (Lipinski definition) is 2. The summed E-state index contributed by atoms with van der Waals surface area (Å²) >= 11 is 3.29. The first kappa shape index (κ1) is 17.4. The van der Waals surface area contributed by atoms with Gasteiger partial charge in [0.15, 0.2) is 0 Å². The van der Waals surface area contributed by atoms with Gasteiger partial charge in [-0.05, 0) is 42.5 Å². The van der Waals surface area contributed by atoms with Gasteiger partial charge in [0.2, 0.25) is 10.0 Å². The highest BCUT2D eigenvalue weighted by atomic mass is 79.9. The monoisotopic (exact) mass is 422 g/mol. The molecule has 1 aromatic carbocycles. The van der Waals surface area contributed by atoms with Crippen LogP contribution < -0.4 is 10.0 Å². The molecular formula is C16H15BrN4O3S. The van der Waals surface area contributed by atoms with Crippen LogP contribution in [0.2, 0.25) is 0 Å². The van der Waals surface area contributed by atoms with Gasteiger partial charge in [-0.25, -0.2) is 12.9 Å². The average molecular weight is 423 g/mol. The summed E-state index contributed by atoms with van der Waals surface area (Å²) in [5.41, 5.74) is 1.70. The van der Waals surface area contributed by atoms with E-state index < -0.39 is 10.0 Å². The number of anilines is 1. The molecule has 1 amide bonds. The summed E-state index contributed by atoms with van der Waals surface area (Å²) < 4.78 is 29.3. The normalized spacial score (nSPS) is 11.4. The van der Waals surface area contributed by atoms with Crippen LogP contribution in [0.5, 0.6) is 0 Å². The van der Waals surface area contributed by atoms with E-state index in [1.807, 2.05) is 0 Å². The molecule has 0 radical (unpaired) electrons. The number of halogens is 1. The number of hydrogen-bond acceptors (Lipinski definition) is 4. The lowest BCUT2D eigenvalue weighted by molar-refractivity contribution is 0.0956. The molecule has 0 atom stereocenters. The van der Waals surface area contributed by atoms with E-state index in [1.165, 1.54) is 0 Å². The fourth-order valence-electron chi connectivity index (χ4n) is 2.22. The molecule has 130 valence electrons. The number of nitrogens with one attached hydrogen (secondary N) is 2. The zero-order valence-corrected chi connectivity index (χ0v) is 15.4. The van der Waals surface area contributed by atoms with Crippen LogP contribution in [0.1, 0.15) is 10.4 Å².